The summed E-state index contributed by atoms with van der Waals surface area (Å²) in [5.41, 5.74) is 2.44. The highest BCUT2D eigenvalue weighted by Gasteiger charge is 2.34. The Hall–Kier alpha value is -1.26. The number of benzene rings is 1. The van der Waals surface area contributed by atoms with E-state index in [0.29, 0.717) is 6.61 Å². The van der Waals surface area contributed by atoms with Crippen molar-refractivity contribution in [3.63, 3.8) is 0 Å². The lowest BCUT2D eigenvalue weighted by Gasteiger charge is -2.38. The lowest BCUT2D eigenvalue weighted by atomic mass is 10.1. The molecule has 2 aliphatic rings. The SMILES string of the molecule is Cc1ccc(Cl)cc1N1CCN(C2CCOC2=O)CC1. The summed E-state index contributed by atoms with van der Waals surface area (Å²) in [6.45, 7) is 6.30. The molecule has 0 N–H and O–H groups in total. The normalized spacial score (nSPS) is 24.0. The van der Waals surface area contributed by atoms with Crippen molar-refractivity contribution < 1.29 is 9.53 Å². The number of cyclic esters (lactones) is 1. The summed E-state index contributed by atoms with van der Waals surface area (Å²) >= 11 is 6.09. The zero-order valence-corrected chi connectivity index (χ0v) is 12.4. The van der Waals surface area contributed by atoms with Crippen molar-refractivity contribution in [3.8, 4) is 0 Å². The standard InChI is InChI=1S/C15H19ClN2O2/c1-11-2-3-12(16)10-14(11)18-7-5-17(6-8-18)13-4-9-20-15(13)19/h2-3,10,13H,4-9H2,1H3. The van der Waals surface area contributed by atoms with Crippen molar-refractivity contribution in [2.24, 2.45) is 0 Å². The monoisotopic (exact) mass is 294 g/mol. The molecule has 108 valence electrons. The minimum Gasteiger partial charge on any atom is -0.464 e. The number of anilines is 1. The molecule has 3 rings (SSSR count). The number of ether oxygens (including phenoxy) is 1. The highest BCUT2D eigenvalue weighted by Crippen LogP contribution is 2.26. The molecule has 5 heteroatoms. The lowest BCUT2D eigenvalue weighted by Crippen LogP contribution is -2.51. The van der Waals surface area contributed by atoms with Gasteiger partial charge in [-0.1, -0.05) is 17.7 Å². The topological polar surface area (TPSA) is 32.8 Å². The molecular weight excluding hydrogens is 276 g/mol. The Morgan fingerprint density at radius 3 is 2.65 bits per heavy atom. The van der Waals surface area contributed by atoms with Crippen molar-refractivity contribution in [1.82, 2.24) is 4.90 Å². The maximum atomic E-state index is 11.6. The molecule has 1 aromatic rings. The molecule has 1 atom stereocenters. The van der Waals surface area contributed by atoms with Gasteiger partial charge in [-0.05, 0) is 24.6 Å². The first kappa shape index (κ1) is 13.7. The predicted molar refractivity (Wildman–Crippen MR) is 79.3 cm³/mol. The molecule has 2 fully saturated rings. The van der Waals surface area contributed by atoms with Crippen LogP contribution in [0, 0.1) is 6.92 Å². The molecule has 0 spiro atoms. The summed E-state index contributed by atoms with van der Waals surface area (Å²) in [6, 6.07) is 5.97. The summed E-state index contributed by atoms with van der Waals surface area (Å²) in [7, 11) is 0. The first-order valence-electron chi connectivity index (χ1n) is 7.07. The molecule has 0 radical (unpaired) electrons. The van der Waals surface area contributed by atoms with Gasteiger partial charge < -0.3 is 9.64 Å². The van der Waals surface area contributed by atoms with Crippen LogP contribution in [0.4, 0.5) is 5.69 Å². The van der Waals surface area contributed by atoms with Gasteiger partial charge in [-0.25, -0.2) is 0 Å². The van der Waals surface area contributed by atoms with Gasteiger partial charge in [0.2, 0.25) is 0 Å². The van der Waals surface area contributed by atoms with Crippen LogP contribution >= 0.6 is 11.6 Å². The van der Waals surface area contributed by atoms with Gasteiger partial charge in [-0.2, -0.15) is 0 Å². The Morgan fingerprint density at radius 2 is 2.00 bits per heavy atom. The van der Waals surface area contributed by atoms with Crippen LogP contribution < -0.4 is 4.90 Å². The van der Waals surface area contributed by atoms with Crippen molar-refractivity contribution in [1.29, 1.82) is 0 Å². The Balaban J connectivity index is 1.66. The molecule has 0 bridgehead atoms. The maximum Gasteiger partial charge on any atom is 0.323 e. The van der Waals surface area contributed by atoms with Crippen molar-refractivity contribution in [3.05, 3.63) is 28.8 Å². The minimum atomic E-state index is -0.0580. The average molecular weight is 295 g/mol. The number of hydrogen-bond acceptors (Lipinski definition) is 4. The predicted octanol–water partition coefficient (Wildman–Crippen LogP) is 2.09. The number of hydrogen-bond donors (Lipinski definition) is 0. The lowest BCUT2D eigenvalue weighted by molar-refractivity contribution is -0.142. The first-order chi connectivity index (χ1) is 9.65. The van der Waals surface area contributed by atoms with Crippen LogP contribution in [-0.2, 0) is 9.53 Å². The fourth-order valence-corrected chi connectivity index (χ4v) is 3.18. The molecule has 2 aliphatic heterocycles. The van der Waals surface area contributed by atoms with Gasteiger partial charge in [0.25, 0.3) is 0 Å². The Morgan fingerprint density at radius 1 is 1.25 bits per heavy atom. The molecule has 0 amide bonds. The smallest absolute Gasteiger partial charge is 0.323 e. The molecule has 1 unspecified atom stereocenters. The second-order valence-corrected chi connectivity index (χ2v) is 5.86. The van der Waals surface area contributed by atoms with E-state index in [2.05, 4.69) is 22.8 Å². The summed E-state index contributed by atoms with van der Waals surface area (Å²) in [4.78, 5) is 16.2. The quantitative estimate of drug-likeness (QED) is 0.782. The number of carbonyl (C=O) groups excluding carboxylic acids is 1. The van der Waals surface area contributed by atoms with E-state index in [1.807, 2.05) is 12.1 Å². The van der Waals surface area contributed by atoms with Gasteiger partial charge >= 0.3 is 5.97 Å². The van der Waals surface area contributed by atoms with Gasteiger partial charge in [-0.15, -0.1) is 0 Å². The van der Waals surface area contributed by atoms with Gasteiger partial charge in [-0.3, -0.25) is 9.69 Å². The molecule has 4 nitrogen and oxygen atoms in total. The molecule has 2 heterocycles. The number of piperazine rings is 1. The average Bonchev–Trinajstić information content (AvgIpc) is 2.88. The molecular formula is C15H19ClN2O2. The van der Waals surface area contributed by atoms with Gasteiger partial charge in [0.15, 0.2) is 0 Å². The number of esters is 1. The minimum absolute atomic E-state index is 0.0300. The third-order valence-corrected chi connectivity index (χ3v) is 4.41. The van der Waals surface area contributed by atoms with E-state index >= 15 is 0 Å². The number of carbonyl (C=O) groups is 1. The second-order valence-electron chi connectivity index (χ2n) is 5.43. The molecule has 0 aliphatic carbocycles. The van der Waals surface area contributed by atoms with Gasteiger partial charge in [0.1, 0.15) is 6.04 Å². The van der Waals surface area contributed by atoms with Crippen molar-refractivity contribution >= 4 is 23.3 Å². The fraction of sp³-hybridized carbons (Fsp3) is 0.533. The third-order valence-electron chi connectivity index (χ3n) is 4.17. The Bertz CT molecular complexity index is 513. The van der Waals surface area contributed by atoms with E-state index in [4.69, 9.17) is 16.3 Å². The van der Waals surface area contributed by atoms with Crippen LogP contribution in [0.15, 0.2) is 18.2 Å². The zero-order valence-electron chi connectivity index (χ0n) is 11.6. The van der Waals surface area contributed by atoms with E-state index in [0.717, 1.165) is 37.6 Å². The number of aryl methyl sites for hydroxylation is 1. The number of halogens is 1. The highest BCUT2D eigenvalue weighted by atomic mass is 35.5. The summed E-state index contributed by atoms with van der Waals surface area (Å²) < 4.78 is 5.05. The summed E-state index contributed by atoms with van der Waals surface area (Å²) in [6.07, 6.45) is 0.828. The van der Waals surface area contributed by atoms with Crippen molar-refractivity contribution in [2.75, 3.05) is 37.7 Å². The van der Waals surface area contributed by atoms with Crippen molar-refractivity contribution in [2.45, 2.75) is 19.4 Å². The van der Waals surface area contributed by atoms with Crippen LogP contribution in [0.2, 0.25) is 5.02 Å². The zero-order chi connectivity index (χ0) is 14.1. The summed E-state index contributed by atoms with van der Waals surface area (Å²) in [5.74, 6) is -0.0580. The molecule has 0 saturated carbocycles. The molecule has 2 saturated heterocycles. The van der Waals surface area contributed by atoms with E-state index in [-0.39, 0.29) is 12.0 Å². The molecule has 20 heavy (non-hydrogen) atoms. The first-order valence-corrected chi connectivity index (χ1v) is 7.45. The van der Waals surface area contributed by atoms with Crippen LogP contribution in [-0.4, -0.2) is 49.7 Å². The van der Waals surface area contributed by atoms with Crippen LogP contribution in [0.3, 0.4) is 0 Å². The van der Waals surface area contributed by atoms with E-state index in [1.165, 1.54) is 11.3 Å². The van der Waals surface area contributed by atoms with E-state index in [9.17, 15) is 4.79 Å². The Kier molecular flexibility index (Phi) is 3.85. The highest BCUT2D eigenvalue weighted by molar-refractivity contribution is 6.30. The third kappa shape index (κ3) is 2.63. The molecule has 1 aromatic carbocycles. The number of nitrogens with zero attached hydrogens (tertiary/aromatic N) is 2. The van der Waals surface area contributed by atoms with Crippen LogP contribution in [0.25, 0.3) is 0 Å². The van der Waals surface area contributed by atoms with Gasteiger partial charge in [0.05, 0.1) is 6.61 Å². The van der Waals surface area contributed by atoms with E-state index < -0.39 is 0 Å². The number of rotatable bonds is 2. The second kappa shape index (κ2) is 5.62. The van der Waals surface area contributed by atoms with Crippen LogP contribution in [0.1, 0.15) is 12.0 Å². The largest absolute Gasteiger partial charge is 0.464 e. The van der Waals surface area contributed by atoms with Crippen LogP contribution in [0.5, 0.6) is 0 Å². The molecule has 0 aromatic heterocycles. The van der Waals surface area contributed by atoms with Gasteiger partial charge in [0, 0.05) is 43.3 Å². The summed E-state index contributed by atoms with van der Waals surface area (Å²) in [5, 5.41) is 0.771. The Labute approximate surface area is 124 Å². The van der Waals surface area contributed by atoms with E-state index in [1.54, 1.807) is 0 Å². The fourth-order valence-electron chi connectivity index (χ4n) is 3.01. The maximum absolute atomic E-state index is 11.6.